The number of nitrogens with zero attached hydrogens (tertiary/aromatic N) is 1. The number of rotatable bonds is 7. The van der Waals surface area contributed by atoms with Crippen LogP contribution in [-0.4, -0.2) is 4.92 Å². The second-order valence-corrected chi connectivity index (χ2v) is 7.65. The van der Waals surface area contributed by atoms with Gasteiger partial charge in [0.05, 0.1) is 9.40 Å². The maximum absolute atomic E-state index is 10.9. The first-order chi connectivity index (χ1) is 13.4. The molecule has 0 heterocycles. The van der Waals surface area contributed by atoms with Crippen LogP contribution < -0.4 is 10.1 Å². The minimum atomic E-state index is -0.416. The fraction of sp³-hybridized carbons (Fsp3) is 0.100. The van der Waals surface area contributed by atoms with Crippen molar-refractivity contribution in [1.82, 2.24) is 0 Å². The topological polar surface area (TPSA) is 64.4 Å². The summed E-state index contributed by atoms with van der Waals surface area (Å²) in [6.07, 6.45) is 0. The first-order valence-electron chi connectivity index (χ1n) is 8.26. The average molecular weight is 482 g/mol. The van der Waals surface area contributed by atoms with Gasteiger partial charge in [0.15, 0.2) is 0 Å². The van der Waals surface area contributed by atoms with E-state index in [2.05, 4.69) is 21.2 Å². The summed E-state index contributed by atoms with van der Waals surface area (Å²) in [6, 6.07) is 17.4. The predicted octanol–water partition coefficient (Wildman–Crippen LogP) is 6.86. The third-order valence-corrected chi connectivity index (χ3v) is 5.15. The first kappa shape index (κ1) is 20.5. The van der Waals surface area contributed by atoms with Crippen molar-refractivity contribution in [3.8, 4) is 5.75 Å². The highest BCUT2D eigenvalue weighted by molar-refractivity contribution is 9.10. The Morgan fingerprint density at radius 1 is 1.07 bits per heavy atom. The molecule has 0 aliphatic rings. The van der Waals surface area contributed by atoms with Crippen LogP contribution in [-0.2, 0) is 13.2 Å². The van der Waals surface area contributed by atoms with E-state index in [9.17, 15) is 10.1 Å². The highest BCUT2D eigenvalue weighted by Gasteiger charge is 2.08. The molecule has 0 aliphatic heterocycles. The Morgan fingerprint density at radius 3 is 2.61 bits per heavy atom. The number of hydrogen-bond donors (Lipinski definition) is 1. The molecule has 0 atom stereocenters. The fourth-order valence-corrected chi connectivity index (χ4v) is 3.50. The number of ether oxygens (including phenoxy) is 1. The second-order valence-electron chi connectivity index (χ2n) is 5.95. The third-order valence-electron chi connectivity index (χ3n) is 3.95. The summed E-state index contributed by atoms with van der Waals surface area (Å²) in [5, 5.41) is 15.2. The Hall–Kier alpha value is -2.28. The van der Waals surface area contributed by atoms with Crippen LogP contribution in [0.4, 0.5) is 11.4 Å². The van der Waals surface area contributed by atoms with Crippen molar-refractivity contribution in [1.29, 1.82) is 0 Å². The summed E-state index contributed by atoms with van der Waals surface area (Å²) in [6.45, 7) is 0.836. The highest BCUT2D eigenvalue weighted by atomic mass is 79.9. The average Bonchev–Trinajstić information content (AvgIpc) is 2.67. The molecule has 1 N–H and O–H groups in total. The van der Waals surface area contributed by atoms with E-state index in [1.54, 1.807) is 24.3 Å². The number of halogens is 3. The molecule has 0 bridgehead atoms. The zero-order chi connectivity index (χ0) is 20.1. The Balaban J connectivity index is 1.62. The molecule has 0 radical (unpaired) electrons. The molecule has 0 amide bonds. The van der Waals surface area contributed by atoms with Gasteiger partial charge in [0.25, 0.3) is 5.69 Å². The lowest BCUT2D eigenvalue weighted by molar-refractivity contribution is -0.384. The summed E-state index contributed by atoms with van der Waals surface area (Å²) < 4.78 is 6.64. The van der Waals surface area contributed by atoms with Crippen LogP contribution in [0.15, 0.2) is 65.1 Å². The van der Waals surface area contributed by atoms with Gasteiger partial charge in [-0.3, -0.25) is 10.1 Å². The molecule has 8 heteroatoms. The van der Waals surface area contributed by atoms with Gasteiger partial charge in [-0.1, -0.05) is 41.4 Å². The molecule has 0 saturated carbocycles. The Labute approximate surface area is 180 Å². The first-order valence-corrected chi connectivity index (χ1v) is 9.81. The van der Waals surface area contributed by atoms with E-state index in [0.29, 0.717) is 34.6 Å². The van der Waals surface area contributed by atoms with E-state index in [1.165, 1.54) is 12.1 Å². The number of non-ortho nitro benzene ring substituents is 1. The van der Waals surface area contributed by atoms with Gasteiger partial charge >= 0.3 is 0 Å². The minimum Gasteiger partial charge on any atom is -0.488 e. The van der Waals surface area contributed by atoms with Crippen molar-refractivity contribution in [2.24, 2.45) is 0 Å². The zero-order valence-corrected chi connectivity index (χ0v) is 17.6. The van der Waals surface area contributed by atoms with Crippen LogP contribution in [0.2, 0.25) is 10.0 Å². The Morgan fingerprint density at radius 2 is 1.89 bits per heavy atom. The number of benzene rings is 3. The van der Waals surface area contributed by atoms with Crippen molar-refractivity contribution in [3.63, 3.8) is 0 Å². The van der Waals surface area contributed by atoms with Gasteiger partial charge in [-0.25, -0.2) is 0 Å². The summed E-state index contributed by atoms with van der Waals surface area (Å²) in [4.78, 5) is 10.4. The lowest BCUT2D eigenvalue weighted by atomic mass is 10.2. The molecule has 3 rings (SSSR count). The Bertz CT molecular complexity index is 1010. The maximum Gasteiger partial charge on any atom is 0.271 e. The largest absolute Gasteiger partial charge is 0.488 e. The van der Waals surface area contributed by atoms with Gasteiger partial charge in [-0.2, -0.15) is 0 Å². The van der Waals surface area contributed by atoms with Gasteiger partial charge in [0.1, 0.15) is 12.4 Å². The van der Waals surface area contributed by atoms with Gasteiger partial charge < -0.3 is 10.1 Å². The number of hydrogen-bond acceptors (Lipinski definition) is 4. The standard InChI is InChI=1S/C20H15BrCl2N2O3/c21-18-8-13(11-24-16-2-1-3-17(10-16)25(26)27)4-7-20(18)28-12-14-5-6-15(22)9-19(14)23/h1-10,24H,11-12H2. The molecule has 3 aromatic carbocycles. The summed E-state index contributed by atoms with van der Waals surface area (Å²) in [5.41, 5.74) is 2.57. The summed E-state index contributed by atoms with van der Waals surface area (Å²) in [7, 11) is 0. The van der Waals surface area contributed by atoms with E-state index >= 15 is 0 Å². The van der Waals surface area contributed by atoms with Crippen molar-refractivity contribution >= 4 is 50.5 Å². The molecule has 144 valence electrons. The SMILES string of the molecule is O=[N+]([O-])c1cccc(NCc2ccc(OCc3ccc(Cl)cc3Cl)c(Br)c2)c1. The quantitative estimate of drug-likeness (QED) is 0.296. The van der Waals surface area contributed by atoms with E-state index in [4.69, 9.17) is 27.9 Å². The molecule has 0 spiro atoms. The lowest BCUT2D eigenvalue weighted by Crippen LogP contribution is -2.01. The van der Waals surface area contributed by atoms with E-state index in [1.807, 2.05) is 24.3 Å². The van der Waals surface area contributed by atoms with Crippen LogP contribution in [0.3, 0.4) is 0 Å². The molecule has 0 saturated heterocycles. The van der Waals surface area contributed by atoms with Crippen LogP contribution >= 0.6 is 39.1 Å². The molecule has 0 aliphatic carbocycles. The van der Waals surface area contributed by atoms with Crippen LogP contribution in [0.25, 0.3) is 0 Å². The fourth-order valence-electron chi connectivity index (χ4n) is 2.50. The molecular weight excluding hydrogens is 467 g/mol. The van der Waals surface area contributed by atoms with Gasteiger partial charge in [0.2, 0.25) is 0 Å². The van der Waals surface area contributed by atoms with Gasteiger partial charge in [0, 0.05) is 40.0 Å². The van der Waals surface area contributed by atoms with Crippen LogP contribution in [0.1, 0.15) is 11.1 Å². The molecule has 0 unspecified atom stereocenters. The monoisotopic (exact) mass is 480 g/mol. The van der Waals surface area contributed by atoms with Gasteiger partial charge in [-0.15, -0.1) is 0 Å². The third kappa shape index (κ3) is 5.38. The number of nitro benzene ring substituents is 1. The normalized spacial score (nSPS) is 10.5. The van der Waals surface area contributed by atoms with E-state index in [-0.39, 0.29) is 5.69 Å². The highest BCUT2D eigenvalue weighted by Crippen LogP contribution is 2.29. The second kappa shape index (κ2) is 9.28. The number of anilines is 1. The van der Waals surface area contributed by atoms with E-state index in [0.717, 1.165) is 15.6 Å². The molecule has 5 nitrogen and oxygen atoms in total. The lowest BCUT2D eigenvalue weighted by Gasteiger charge is -2.12. The van der Waals surface area contributed by atoms with Crippen molar-refractivity contribution in [2.75, 3.05) is 5.32 Å². The van der Waals surface area contributed by atoms with E-state index < -0.39 is 4.92 Å². The number of nitro groups is 1. The molecule has 0 fully saturated rings. The van der Waals surface area contributed by atoms with Crippen molar-refractivity contribution in [3.05, 3.63) is 96.4 Å². The summed E-state index contributed by atoms with van der Waals surface area (Å²) in [5.74, 6) is 0.685. The minimum absolute atomic E-state index is 0.0517. The zero-order valence-electron chi connectivity index (χ0n) is 14.5. The van der Waals surface area contributed by atoms with Crippen molar-refractivity contribution < 1.29 is 9.66 Å². The predicted molar refractivity (Wildman–Crippen MR) is 115 cm³/mol. The van der Waals surface area contributed by atoms with Gasteiger partial charge in [-0.05, 0) is 51.8 Å². The van der Waals surface area contributed by atoms with Crippen molar-refractivity contribution in [2.45, 2.75) is 13.2 Å². The molecule has 0 aromatic heterocycles. The Kier molecular flexibility index (Phi) is 6.78. The van der Waals surface area contributed by atoms with Crippen LogP contribution in [0.5, 0.6) is 5.75 Å². The molecule has 3 aromatic rings. The van der Waals surface area contributed by atoms with Crippen LogP contribution in [0, 0.1) is 10.1 Å². The molecule has 28 heavy (non-hydrogen) atoms. The molecular formula is C20H15BrCl2N2O3. The number of nitrogens with one attached hydrogen (secondary N) is 1. The smallest absolute Gasteiger partial charge is 0.271 e. The summed E-state index contributed by atoms with van der Waals surface area (Å²) >= 11 is 15.6. The maximum atomic E-state index is 10.9.